The monoisotopic (exact) mass is 624 g/mol. The summed E-state index contributed by atoms with van der Waals surface area (Å²) in [7, 11) is 1.39. The first-order chi connectivity index (χ1) is 20.3. The summed E-state index contributed by atoms with van der Waals surface area (Å²) in [6.07, 6.45) is 1.71. The van der Waals surface area contributed by atoms with Crippen LogP contribution in [0.3, 0.4) is 0 Å². The first-order valence-corrected chi connectivity index (χ1v) is 15.4. The van der Waals surface area contributed by atoms with Gasteiger partial charge >= 0.3 is 11.9 Å². The van der Waals surface area contributed by atoms with Crippen LogP contribution in [0, 0.1) is 0 Å². The van der Waals surface area contributed by atoms with E-state index >= 15 is 4.39 Å². The maximum absolute atomic E-state index is 15.8. The average molecular weight is 625 g/mol. The molecule has 0 bridgehead atoms. The molecule has 0 saturated heterocycles. The maximum atomic E-state index is 15.8. The van der Waals surface area contributed by atoms with Crippen LogP contribution in [0.4, 0.5) is 4.39 Å². The zero-order chi connectivity index (χ0) is 30.5. The minimum absolute atomic E-state index is 0.00404. The smallest absolute Gasteiger partial charge is 0.350 e. The maximum Gasteiger partial charge on any atom is 0.350 e. The first kappa shape index (κ1) is 33.7. The van der Waals surface area contributed by atoms with Crippen molar-refractivity contribution in [2.24, 2.45) is 0 Å². The molecule has 0 radical (unpaired) electrons. The number of aromatic nitrogens is 4. The van der Waals surface area contributed by atoms with Crippen molar-refractivity contribution in [1.29, 1.82) is 0 Å². The van der Waals surface area contributed by atoms with E-state index in [2.05, 4.69) is 21.9 Å². The number of hydrogen-bond donors (Lipinski definition) is 0. The Kier molecular flexibility index (Phi) is 13.4. The lowest BCUT2D eigenvalue weighted by Crippen LogP contribution is -2.54. The normalized spacial score (nSPS) is 13.2. The molecule has 0 fully saturated rings. The van der Waals surface area contributed by atoms with E-state index < -0.39 is 29.9 Å². The van der Waals surface area contributed by atoms with Crippen LogP contribution in [0.1, 0.15) is 58.3 Å². The highest BCUT2D eigenvalue weighted by Crippen LogP contribution is 2.30. The number of fused-ring (bicyclic) bond motifs is 1. The summed E-state index contributed by atoms with van der Waals surface area (Å²) in [5, 5.41) is 0.587. The molecule has 0 saturated carbocycles. The quantitative estimate of drug-likeness (QED) is 0.0432. The predicted molar refractivity (Wildman–Crippen MR) is 158 cm³/mol. The number of methoxy groups -OCH3 is 1. The van der Waals surface area contributed by atoms with Gasteiger partial charge in [0, 0.05) is 20.0 Å². The van der Waals surface area contributed by atoms with Crippen LogP contribution in [-0.2, 0) is 35.0 Å². The number of ether oxygens (including phenoxy) is 4. The number of imidazole rings is 1. The molecule has 230 valence electrons. The lowest BCUT2D eigenvalue weighted by atomic mass is 9.94. The van der Waals surface area contributed by atoms with Crippen molar-refractivity contribution in [3.63, 3.8) is 0 Å². The average Bonchev–Trinajstić information content (AvgIpc) is 3.41. The van der Waals surface area contributed by atoms with E-state index in [1.54, 1.807) is 38.1 Å². The van der Waals surface area contributed by atoms with E-state index in [0.29, 0.717) is 16.1 Å². The number of unbranched alkanes of at least 4 members (excludes halogenated alkanes) is 2. The minimum Gasteiger partial charge on any atom is -0.463 e. The summed E-state index contributed by atoms with van der Waals surface area (Å²) in [6, 6.07) is 8.89. The molecule has 0 aliphatic carbocycles. The number of nitrogens with zero attached hydrogens (tertiary/aromatic N) is 4. The number of hydrogen-bond acceptors (Lipinski definition) is 10. The van der Waals surface area contributed by atoms with E-state index in [1.165, 1.54) is 29.8 Å². The molecule has 2 atom stereocenters. The Labute approximate surface area is 254 Å². The molecule has 42 heavy (non-hydrogen) atoms. The molecule has 3 aromatic rings. The second-order valence-corrected chi connectivity index (χ2v) is 10.9. The van der Waals surface area contributed by atoms with Gasteiger partial charge in [-0.15, -0.1) is 11.8 Å². The number of alkyl halides is 1. The standard InChI is InChI=1S/C29H38ClFN4O6S/c1-5-8-12-15-42-25-23-24(33-28(30)34-25)35(19-32-23)22(31)16-21(38-4)18-41-29(26(36)39-6-2,27(37)40-7-3)17-20-13-10-9-11-14-20/h9-11,13-14,19,21-22H,5-8,12,15-18H2,1-4H3. The third-order valence-corrected chi connectivity index (χ3v) is 7.68. The fraction of sp³-hybridized carbons (Fsp3) is 0.552. The topological polar surface area (TPSA) is 115 Å². The van der Waals surface area contributed by atoms with Gasteiger partial charge in [-0.2, -0.15) is 4.98 Å². The van der Waals surface area contributed by atoms with E-state index in [0.717, 1.165) is 25.0 Å². The summed E-state index contributed by atoms with van der Waals surface area (Å²) in [5.41, 5.74) is -0.740. The van der Waals surface area contributed by atoms with Crippen molar-refractivity contribution in [3.8, 4) is 0 Å². The van der Waals surface area contributed by atoms with Gasteiger partial charge in [0.15, 0.2) is 11.9 Å². The first-order valence-electron chi connectivity index (χ1n) is 14.0. The van der Waals surface area contributed by atoms with Crippen molar-refractivity contribution in [2.45, 2.75) is 75.9 Å². The Morgan fingerprint density at radius 3 is 2.38 bits per heavy atom. The molecule has 1 aromatic carbocycles. The summed E-state index contributed by atoms with van der Waals surface area (Å²) in [5.74, 6) is -0.957. The zero-order valence-electron chi connectivity index (χ0n) is 24.4. The number of carbonyl (C=O) groups excluding carboxylic acids is 2. The van der Waals surface area contributed by atoms with Crippen LogP contribution in [0.5, 0.6) is 0 Å². The van der Waals surface area contributed by atoms with Crippen LogP contribution in [0.2, 0.25) is 5.28 Å². The SMILES string of the molecule is CCCCCSc1nc(Cl)nc2c1ncn2C(F)CC(COC(Cc1ccccc1)(C(=O)OCC)C(=O)OCC)OC. The highest BCUT2D eigenvalue weighted by molar-refractivity contribution is 7.99. The third-order valence-electron chi connectivity index (χ3n) is 6.46. The molecule has 0 N–H and O–H groups in total. The molecule has 2 aromatic heterocycles. The molecular weight excluding hydrogens is 587 g/mol. The van der Waals surface area contributed by atoms with Crippen LogP contribution in [0.25, 0.3) is 11.2 Å². The number of esters is 2. The molecule has 0 aliphatic rings. The number of benzene rings is 1. The number of rotatable bonds is 18. The number of halogens is 2. The lowest BCUT2D eigenvalue weighted by molar-refractivity contribution is -0.195. The van der Waals surface area contributed by atoms with Gasteiger partial charge in [0.2, 0.25) is 5.28 Å². The Morgan fingerprint density at radius 2 is 1.76 bits per heavy atom. The van der Waals surface area contributed by atoms with Gasteiger partial charge in [-0.3, -0.25) is 4.57 Å². The van der Waals surface area contributed by atoms with Gasteiger partial charge in [-0.25, -0.2) is 23.9 Å². The molecule has 0 aliphatic heterocycles. The van der Waals surface area contributed by atoms with Gasteiger partial charge in [0.05, 0.1) is 32.3 Å². The van der Waals surface area contributed by atoms with E-state index in [9.17, 15) is 9.59 Å². The van der Waals surface area contributed by atoms with E-state index in [-0.39, 0.29) is 43.6 Å². The summed E-state index contributed by atoms with van der Waals surface area (Å²) < 4.78 is 39.0. The van der Waals surface area contributed by atoms with Crippen molar-refractivity contribution in [1.82, 2.24) is 19.5 Å². The Balaban J connectivity index is 1.82. The molecule has 2 unspecified atom stereocenters. The molecule has 2 heterocycles. The summed E-state index contributed by atoms with van der Waals surface area (Å²) >= 11 is 7.68. The molecule has 3 rings (SSSR count). The second kappa shape index (κ2) is 16.7. The van der Waals surface area contributed by atoms with E-state index in [4.69, 9.17) is 30.5 Å². The third kappa shape index (κ3) is 8.62. The number of carbonyl (C=O) groups is 2. The van der Waals surface area contributed by atoms with Crippen LogP contribution < -0.4 is 0 Å². The Bertz CT molecular complexity index is 1280. The van der Waals surface area contributed by atoms with Crippen LogP contribution in [0.15, 0.2) is 41.7 Å². The van der Waals surface area contributed by atoms with Crippen LogP contribution in [-0.4, -0.2) is 75.8 Å². The van der Waals surface area contributed by atoms with Gasteiger partial charge in [0.1, 0.15) is 10.5 Å². The van der Waals surface area contributed by atoms with Crippen molar-refractivity contribution in [3.05, 3.63) is 47.5 Å². The predicted octanol–water partition coefficient (Wildman–Crippen LogP) is 5.76. The van der Waals surface area contributed by atoms with Crippen molar-refractivity contribution in [2.75, 3.05) is 32.7 Å². The van der Waals surface area contributed by atoms with Crippen molar-refractivity contribution < 1.29 is 32.9 Å². The number of thioether (sulfide) groups is 1. The molecule has 0 spiro atoms. The summed E-state index contributed by atoms with van der Waals surface area (Å²) in [6.45, 7) is 5.13. The fourth-order valence-electron chi connectivity index (χ4n) is 4.27. The lowest BCUT2D eigenvalue weighted by Gasteiger charge is -2.31. The largest absolute Gasteiger partial charge is 0.463 e. The van der Waals surface area contributed by atoms with Gasteiger partial charge in [-0.05, 0) is 43.2 Å². The van der Waals surface area contributed by atoms with Crippen LogP contribution >= 0.6 is 23.4 Å². The Morgan fingerprint density at radius 1 is 1.07 bits per heavy atom. The van der Waals surface area contributed by atoms with Crippen molar-refractivity contribution >= 4 is 46.5 Å². The molecule has 10 nitrogen and oxygen atoms in total. The zero-order valence-corrected chi connectivity index (χ0v) is 26.0. The molecule has 0 amide bonds. The van der Waals surface area contributed by atoms with Gasteiger partial charge in [-0.1, -0.05) is 50.1 Å². The van der Waals surface area contributed by atoms with E-state index in [1.807, 2.05) is 6.07 Å². The Hall–Kier alpha value is -2.80. The highest BCUT2D eigenvalue weighted by Gasteiger charge is 2.51. The molecule has 13 heteroatoms. The van der Waals surface area contributed by atoms with Gasteiger partial charge < -0.3 is 18.9 Å². The minimum atomic E-state index is -2.11. The fourth-order valence-corrected chi connectivity index (χ4v) is 5.45. The molecular formula is C29H38ClFN4O6S. The van der Waals surface area contributed by atoms with Gasteiger partial charge in [0.25, 0.3) is 5.60 Å². The second-order valence-electron chi connectivity index (χ2n) is 9.45. The summed E-state index contributed by atoms with van der Waals surface area (Å²) in [4.78, 5) is 39.3. The highest BCUT2D eigenvalue weighted by atomic mass is 35.5.